The first-order valence-electron chi connectivity index (χ1n) is 2.77. The molecule has 0 saturated heterocycles. The Morgan fingerprint density at radius 1 is 1.33 bits per heavy atom. The molecule has 4 heteroatoms. The molecule has 9 heavy (non-hydrogen) atoms. The van der Waals surface area contributed by atoms with Crippen LogP contribution < -0.4 is 0 Å². The summed E-state index contributed by atoms with van der Waals surface area (Å²) in [6, 6.07) is 0. The van der Waals surface area contributed by atoms with Crippen molar-refractivity contribution < 1.29 is 6.63 Å². The Kier molecular flexibility index (Phi) is 21.6. The Balaban J connectivity index is 0. The van der Waals surface area contributed by atoms with Crippen molar-refractivity contribution in [1.29, 1.82) is 0 Å². The molecule has 0 fully saturated rings. The fourth-order valence-electron chi connectivity index (χ4n) is 0.250. The molecule has 0 saturated carbocycles. The van der Waals surface area contributed by atoms with Crippen LogP contribution in [0.3, 0.4) is 0 Å². The number of halogens is 3. The van der Waals surface area contributed by atoms with Gasteiger partial charge in [0.05, 0.1) is 0 Å². The summed E-state index contributed by atoms with van der Waals surface area (Å²) in [4.78, 5) is 0. The third-order valence-corrected chi connectivity index (χ3v) is 0.604. The van der Waals surface area contributed by atoms with Gasteiger partial charge in [-0.3, -0.25) is 0 Å². The normalized spacial score (nSPS) is 7.67. The standard InChI is InChI=1S/C5H11.3HI.Ti/c1-3-5-4-2;;;;/h1,3-5H2,2H3;3*1H;/q-1;;;;+4/p-3. The van der Waals surface area contributed by atoms with Crippen LogP contribution in [0.5, 0.6) is 0 Å². The fraction of sp³-hybridized carbons (Fsp3) is 0.800. The third kappa shape index (κ3) is 35.9. The van der Waals surface area contributed by atoms with Crippen molar-refractivity contribution >= 4 is 57.6 Å². The Bertz CT molecular complexity index is 36.4. The predicted octanol–water partition coefficient (Wildman–Crippen LogP) is 4.67. The van der Waals surface area contributed by atoms with Crippen LogP contribution in [0.2, 0.25) is 0 Å². The molecule has 0 aliphatic heterocycles. The number of unbranched alkanes of at least 4 members (excludes halogenated alkanes) is 2. The molecule has 0 aliphatic rings. The van der Waals surface area contributed by atoms with E-state index >= 15 is 0 Å². The minimum atomic E-state index is -0.423. The molecule has 0 heterocycles. The van der Waals surface area contributed by atoms with Gasteiger partial charge in [-0.2, -0.15) is 6.42 Å². The second kappa shape index (κ2) is 13.5. The first-order valence-corrected chi connectivity index (χ1v) is 17.9. The number of hydrogen-bond donors (Lipinski definition) is 0. The third-order valence-electron chi connectivity index (χ3n) is 0.604. The molecule has 0 nitrogen and oxygen atoms in total. The van der Waals surface area contributed by atoms with Gasteiger partial charge < -0.3 is 6.92 Å². The molecule has 0 amide bonds. The summed E-state index contributed by atoms with van der Waals surface area (Å²) in [5, 5.41) is 0. The van der Waals surface area contributed by atoms with Gasteiger partial charge in [-0.25, -0.2) is 0 Å². The van der Waals surface area contributed by atoms with Crippen LogP contribution in [0.1, 0.15) is 26.2 Å². The van der Waals surface area contributed by atoms with E-state index in [1.54, 1.807) is 0 Å². The topological polar surface area (TPSA) is 0 Å². The van der Waals surface area contributed by atoms with Crippen molar-refractivity contribution in [3.8, 4) is 0 Å². The molecular formula is C5H11I3Ti. The van der Waals surface area contributed by atoms with Crippen LogP contribution in [0, 0.1) is 6.92 Å². The zero-order valence-electron chi connectivity index (χ0n) is 5.46. The fourth-order valence-corrected chi connectivity index (χ4v) is 0.250. The molecule has 0 rings (SSSR count). The summed E-state index contributed by atoms with van der Waals surface area (Å²) in [5.41, 5.74) is 0. The summed E-state index contributed by atoms with van der Waals surface area (Å²) >= 11 is 7.45. The van der Waals surface area contributed by atoms with Crippen molar-refractivity contribution in [1.82, 2.24) is 0 Å². The van der Waals surface area contributed by atoms with Gasteiger partial charge in [0.1, 0.15) is 0 Å². The average molecular weight is 500 g/mol. The van der Waals surface area contributed by atoms with Crippen LogP contribution in [0.4, 0.5) is 0 Å². The summed E-state index contributed by atoms with van der Waals surface area (Å²) in [6.07, 6.45) is 3.65. The van der Waals surface area contributed by atoms with Crippen LogP contribution in [-0.4, -0.2) is 0 Å². The molecule has 0 atom stereocenters. The SMILES string of the molecule is [CH2-]CCCC.[I][Ti+]([I])[I]. The molecule has 0 aromatic rings. The van der Waals surface area contributed by atoms with E-state index in [4.69, 9.17) is 0 Å². The molecule has 56 valence electrons. The van der Waals surface area contributed by atoms with E-state index in [0.29, 0.717) is 0 Å². The number of hydrogen-bond acceptors (Lipinski definition) is 0. The van der Waals surface area contributed by atoms with E-state index in [0.717, 1.165) is 6.42 Å². The van der Waals surface area contributed by atoms with E-state index in [-0.39, 0.29) is 0 Å². The van der Waals surface area contributed by atoms with Crippen molar-refractivity contribution in [2.45, 2.75) is 26.2 Å². The minimum absolute atomic E-state index is 0.423. The molecule has 0 unspecified atom stereocenters. The first kappa shape index (κ1) is 14.4. The second-order valence-corrected chi connectivity index (χ2v) is 41.0. The maximum atomic E-state index is 3.68. The summed E-state index contributed by atoms with van der Waals surface area (Å²) < 4.78 is 0. The number of rotatable bonds is 2. The Morgan fingerprint density at radius 2 is 1.67 bits per heavy atom. The molecule has 0 aromatic heterocycles. The van der Waals surface area contributed by atoms with E-state index in [1.165, 1.54) is 12.8 Å². The average Bonchev–Trinajstić information content (AvgIpc) is 1.66. The van der Waals surface area contributed by atoms with Crippen molar-refractivity contribution in [3.05, 3.63) is 6.92 Å². The van der Waals surface area contributed by atoms with E-state index in [9.17, 15) is 0 Å². The first-order chi connectivity index (χ1) is 4.15. The van der Waals surface area contributed by atoms with Crippen molar-refractivity contribution in [2.24, 2.45) is 0 Å². The van der Waals surface area contributed by atoms with Crippen molar-refractivity contribution in [2.75, 3.05) is 0 Å². The molecule has 0 aromatic carbocycles. The van der Waals surface area contributed by atoms with Gasteiger partial charge in [-0.15, -0.1) is 0 Å². The molecular weight excluding hydrogens is 489 g/mol. The van der Waals surface area contributed by atoms with Gasteiger partial charge in [-0.1, -0.05) is 19.8 Å². The van der Waals surface area contributed by atoms with E-state index < -0.39 is 6.63 Å². The Hall–Kier alpha value is 2.90. The van der Waals surface area contributed by atoms with Gasteiger partial charge in [0.25, 0.3) is 0 Å². The summed E-state index contributed by atoms with van der Waals surface area (Å²) in [5.74, 6) is 0. The van der Waals surface area contributed by atoms with Gasteiger partial charge >= 0.3 is 64.2 Å². The zero-order valence-corrected chi connectivity index (χ0v) is 13.5. The van der Waals surface area contributed by atoms with Crippen molar-refractivity contribution in [3.63, 3.8) is 0 Å². The molecule has 0 spiro atoms. The monoisotopic (exact) mass is 500 g/mol. The Labute approximate surface area is 95.2 Å². The second-order valence-electron chi connectivity index (χ2n) is 1.42. The van der Waals surface area contributed by atoms with Gasteiger partial charge in [0, 0.05) is 0 Å². The molecule has 0 radical (unpaired) electrons. The van der Waals surface area contributed by atoms with Gasteiger partial charge in [0.2, 0.25) is 0 Å². The van der Waals surface area contributed by atoms with E-state index in [2.05, 4.69) is 71.4 Å². The molecule has 0 bridgehead atoms. The summed E-state index contributed by atoms with van der Waals surface area (Å²) in [6.45, 7) is 5.42. The van der Waals surface area contributed by atoms with Gasteiger partial charge in [0.15, 0.2) is 0 Å². The maximum absolute atomic E-state index is 3.68. The van der Waals surface area contributed by atoms with Gasteiger partial charge in [-0.05, 0) is 0 Å². The quantitative estimate of drug-likeness (QED) is 0.294. The van der Waals surface area contributed by atoms with E-state index in [1.807, 2.05) is 0 Å². The zero-order chi connectivity index (χ0) is 7.70. The molecule has 0 aliphatic carbocycles. The summed E-state index contributed by atoms with van der Waals surface area (Å²) in [7, 11) is 0. The predicted molar refractivity (Wildman–Crippen MR) is 66.9 cm³/mol. The van der Waals surface area contributed by atoms with Crippen LogP contribution >= 0.6 is 57.6 Å². The van der Waals surface area contributed by atoms with Crippen LogP contribution in [0.15, 0.2) is 0 Å². The Morgan fingerprint density at radius 3 is 1.67 bits per heavy atom. The van der Waals surface area contributed by atoms with Crippen LogP contribution in [0.25, 0.3) is 0 Å². The molecule has 0 N–H and O–H groups in total. The van der Waals surface area contributed by atoms with Crippen LogP contribution in [-0.2, 0) is 6.63 Å².